The number of nitrogens with zero attached hydrogens (tertiary/aromatic N) is 1. The van der Waals surface area contributed by atoms with Crippen LogP contribution in [-0.2, 0) is 4.74 Å². The van der Waals surface area contributed by atoms with Crippen molar-refractivity contribution in [1.29, 1.82) is 0 Å². The fraction of sp³-hybridized carbons (Fsp3) is 0.462. The van der Waals surface area contributed by atoms with Gasteiger partial charge < -0.3 is 10.5 Å². The van der Waals surface area contributed by atoms with Crippen LogP contribution < -0.4 is 5.73 Å². The molecule has 0 radical (unpaired) electrons. The van der Waals surface area contributed by atoms with Crippen LogP contribution in [0.25, 0.3) is 0 Å². The van der Waals surface area contributed by atoms with Crippen LogP contribution in [0.4, 0.5) is 5.69 Å². The minimum atomic E-state index is -0.276. The lowest BCUT2D eigenvalue weighted by Crippen LogP contribution is -2.35. The smallest absolute Gasteiger partial charge is 0.338 e. The van der Waals surface area contributed by atoms with Gasteiger partial charge in [-0.15, -0.1) is 0 Å². The van der Waals surface area contributed by atoms with Gasteiger partial charge in [0, 0.05) is 36.8 Å². The van der Waals surface area contributed by atoms with Crippen LogP contribution in [0, 0.1) is 0 Å². The summed E-state index contributed by atoms with van der Waals surface area (Å²) in [6, 6.07) is 6.79. The fourth-order valence-electron chi connectivity index (χ4n) is 1.79. The average Bonchev–Trinajstić information content (AvgIpc) is 2.40. The quantitative estimate of drug-likeness (QED) is 0.661. The van der Waals surface area contributed by atoms with Gasteiger partial charge in [-0.2, -0.15) is 11.8 Å². The molecule has 1 aliphatic rings. The van der Waals surface area contributed by atoms with Crippen molar-refractivity contribution >= 4 is 23.4 Å². The number of thioether (sulfide) groups is 1. The van der Waals surface area contributed by atoms with Gasteiger partial charge in [-0.25, -0.2) is 4.79 Å². The molecule has 0 spiro atoms. The third-order valence-electron chi connectivity index (χ3n) is 2.89. The van der Waals surface area contributed by atoms with Crippen molar-refractivity contribution in [1.82, 2.24) is 4.90 Å². The van der Waals surface area contributed by atoms with Gasteiger partial charge in [-0.05, 0) is 24.3 Å². The normalized spacial score (nSPS) is 16.4. The third-order valence-corrected chi connectivity index (χ3v) is 3.83. The fourth-order valence-corrected chi connectivity index (χ4v) is 2.77. The Morgan fingerprint density at radius 2 is 1.94 bits per heavy atom. The minimum Gasteiger partial charge on any atom is -0.461 e. The molecule has 1 aromatic carbocycles. The maximum Gasteiger partial charge on any atom is 0.338 e. The molecular formula is C13H18N2O2S. The summed E-state index contributed by atoms with van der Waals surface area (Å²) in [6.07, 6.45) is 0. The van der Waals surface area contributed by atoms with Crippen LogP contribution in [0.2, 0.25) is 0 Å². The van der Waals surface area contributed by atoms with E-state index < -0.39 is 0 Å². The van der Waals surface area contributed by atoms with Crippen LogP contribution in [0.5, 0.6) is 0 Å². The summed E-state index contributed by atoms with van der Waals surface area (Å²) in [5, 5.41) is 0. The van der Waals surface area contributed by atoms with Crippen LogP contribution in [0.3, 0.4) is 0 Å². The second-order valence-electron chi connectivity index (χ2n) is 4.21. The Hall–Kier alpha value is -1.20. The SMILES string of the molecule is Nc1ccc(C(=O)OCCN2CCSCC2)cc1. The second kappa shape index (κ2) is 6.66. The van der Waals surface area contributed by atoms with E-state index in [1.807, 2.05) is 11.8 Å². The summed E-state index contributed by atoms with van der Waals surface area (Å²) in [4.78, 5) is 14.0. The van der Waals surface area contributed by atoms with Gasteiger partial charge in [0.15, 0.2) is 0 Å². The molecular weight excluding hydrogens is 248 g/mol. The Kier molecular flexibility index (Phi) is 4.90. The molecule has 0 aliphatic carbocycles. The standard InChI is InChI=1S/C13H18N2O2S/c14-12-3-1-11(2-4-12)13(16)17-8-5-15-6-9-18-10-7-15/h1-4H,5-10,14H2. The van der Waals surface area contributed by atoms with E-state index >= 15 is 0 Å². The average molecular weight is 266 g/mol. The molecule has 1 fully saturated rings. The summed E-state index contributed by atoms with van der Waals surface area (Å²) >= 11 is 1.98. The van der Waals surface area contributed by atoms with Crippen molar-refractivity contribution in [3.05, 3.63) is 29.8 Å². The number of anilines is 1. The summed E-state index contributed by atoms with van der Waals surface area (Å²) in [5.74, 6) is 2.07. The first-order valence-electron chi connectivity index (χ1n) is 6.08. The lowest BCUT2D eigenvalue weighted by atomic mass is 10.2. The van der Waals surface area contributed by atoms with Gasteiger partial charge in [0.05, 0.1) is 5.56 Å². The van der Waals surface area contributed by atoms with Crippen molar-refractivity contribution in [2.24, 2.45) is 0 Å². The molecule has 0 unspecified atom stereocenters. The molecule has 5 heteroatoms. The van der Waals surface area contributed by atoms with Crippen LogP contribution in [0.15, 0.2) is 24.3 Å². The number of ether oxygens (including phenoxy) is 1. The zero-order valence-corrected chi connectivity index (χ0v) is 11.1. The molecule has 1 saturated heterocycles. The summed E-state index contributed by atoms with van der Waals surface area (Å²) in [7, 11) is 0. The predicted molar refractivity (Wildman–Crippen MR) is 74.9 cm³/mol. The summed E-state index contributed by atoms with van der Waals surface area (Å²) in [6.45, 7) is 3.45. The predicted octanol–water partition coefficient (Wildman–Crippen LogP) is 1.47. The first-order valence-corrected chi connectivity index (χ1v) is 7.24. The molecule has 98 valence electrons. The highest BCUT2D eigenvalue weighted by atomic mass is 32.2. The van der Waals surface area contributed by atoms with Crippen LogP contribution in [0.1, 0.15) is 10.4 Å². The Morgan fingerprint density at radius 3 is 2.61 bits per heavy atom. The molecule has 1 heterocycles. The molecule has 0 atom stereocenters. The molecule has 1 aromatic rings. The Morgan fingerprint density at radius 1 is 1.28 bits per heavy atom. The van der Waals surface area contributed by atoms with Crippen molar-refractivity contribution in [2.75, 3.05) is 43.5 Å². The van der Waals surface area contributed by atoms with E-state index in [0.29, 0.717) is 17.9 Å². The van der Waals surface area contributed by atoms with Gasteiger partial charge >= 0.3 is 5.97 Å². The molecule has 1 aliphatic heterocycles. The third kappa shape index (κ3) is 3.92. The second-order valence-corrected chi connectivity index (χ2v) is 5.44. The molecule has 0 aromatic heterocycles. The number of hydrogen-bond acceptors (Lipinski definition) is 5. The highest BCUT2D eigenvalue weighted by molar-refractivity contribution is 7.99. The number of nitrogen functional groups attached to an aromatic ring is 1. The van der Waals surface area contributed by atoms with Crippen molar-refractivity contribution in [3.63, 3.8) is 0 Å². The van der Waals surface area contributed by atoms with Gasteiger partial charge in [0.25, 0.3) is 0 Å². The van der Waals surface area contributed by atoms with Gasteiger partial charge in [-0.1, -0.05) is 0 Å². The first kappa shape index (κ1) is 13.2. The number of nitrogens with two attached hydrogens (primary N) is 1. The zero-order chi connectivity index (χ0) is 12.8. The first-order chi connectivity index (χ1) is 8.75. The lowest BCUT2D eigenvalue weighted by Gasteiger charge is -2.25. The molecule has 4 nitrogen and oxygen atoms in total. The number of esters is 1. The van der Waals surface area contributed by atoms with Crippen molar-refractivity contribution < 1.29 is 9.53 Å². The molecule has 2 N–H and O–H groups in total. The number of hydrogen-bond donors (Lipinski definition) is 1. The maximum atomic E-state index is 11.7. The van der Waals surface area contributed by atoms with Gasteiger partial charge in [0.2, 0.25) is 0 Å². The van der Waals surface area contributed by atoms with Crippen molar-refractivity contribution in [3.8, 4) is 0 Å². The highest BCUT2D eigenvalue weighted by Crippen LogP contribution is 2.09. The molecule has 0 bridgehead atoms. The van der Waals surface area contributed by atoms with Gasteiger partial charge in [0.1, 0.15) is 6.61 Å². The van der Waals surface area contributed by atoms with E-state index in [2.05, 4.69) is 4.90 Å². The van der Waals surface area contributed by atoms with E-state index in [4.69, 9.17) is 10.5 Å². The van der Waals surface area contributed by atoms with E-state index in [1.165, 1.54) is 11.5 Å². The Labute approximate surface area is 111 Å². The molecule has 2 rings (SSSR count). The van der Waals surface area contributed by atoms with E-state index in [0.717, 1.165) is 19.6 Å². The van der Waals surface area contributed by atoms with E-state index in [-0.39, 0.29) is 5.97 Å². The Bertz CT molecular complexity index is 388. The summed E-state index contributed by atoms with van der Waals surface area (Å²) in [5.41, 5.74) is 6.77. The number of carbonyl (C=O) groups is 1. The number of rotatable bonds is 4. The molecule has 0 saturated carbocycles. The summed E-state index contributed by atoms with van der Waals surface area (Å²) < 4.78 is 5.24. The topological polar surface area (TPSA) is 55.6 Å². The zero-order valence-electron chi connectivity index (χ0n) is 10.3. The van der Waals surface area contributed by atoms with Crippen LogP contribution >= 0.6 is 11.8 Å². The van der Waals surface area contributed by atoms with Gasteiger partial charge in [-0.3, -0.25) is 4.90 Å². The van der Waals surface area contributed by atoms with Crippen LogP contribution in [-0.4, -0.2) is 48.6 Å². The lowest BCUT2D eigenvalue weighted by molar-refractivity contribution is 0.0466. The minimum absolute atomic E-state index is 0.276. The number of benzene rings is 1. The van der Waals surface area contributed by atoms with Crippen molar-refractivity contribution in [2.45, 2.75) is 0 Å². The monoisotopic (exact) mass is 266 g/mol. The maximum absolute atomic E-state index is 11.7. The molecule has 18 heavy (non-hydrogen) atoms. The Balaban J connectivity index is 1.72. The van der Waals surface area contributed by atoms with E-state index in [1.54, 1.807) is 24.3 Å². The van der Waals surface area contributed by atoms with E-state index in [9.17, 15) is 4.79 Å². The number of carbonyl (C=O) groups excluding carboxylic acids is 1. The highest BCUT2D eigenvalue weighted by Gasteiger charge is 2.11. The molecule has 0 amide bonds. The largest absolute Gasteiger partial charge is 0.461 e.